The third kappa shape index (κ3) is 6.79. The molecule has 0 fully saturated rings. The first-order valence-electron chi connectivity index (χ1n) is 4.59. The normalized spacial score (nSPS) is 17.0. The van der Waals surface area contributed by atoms with Crippen LogP contribution in [-0.2, 0) is 9.47 Å². The lowest BCUT2D eigenvalue weighted by Gasteiger charge is -2.17. The molecule has 3 nitrogen and oxygen atoms in total. The van der Waals surface area contributed by atoms with Gasteiger partial charge in [0.2, 0.25) is 0 Å². The number of hydrogen-bond acceptors (Lipinski definition) is 3. The first kappa shape index (κ1) is 12.1. The summed E-state index contributed by atoms with van der Waals surface area (Å²) in [6.07, 6.45) is 1.08. The SMILES string of the molecule is COC(C)OC(C)[SiH2]CCCN. The van der Waals surface area contributed by atoms with E-state index in [1.807, 2.05) is 6.92 Å². The Balaban J connectivity index is 3.26. The minimum Gasteiger partial charge on any atom is -0.356 e. The van der Waals surface area contributed by atoms with E-state index in [-0.39, 0.29) is 15.8 Å². The number of rotatable bonds is 7. The summed E-state index contributed by atoms with van der Waals surface area (Å²) in [4.78, 5) is 0. The Hall–Kier alpha value is 0.0969. The predicted molar refractivity (Wildman–Crippen MR) is 54.0 cm³/mol. The summed E-state index contributed by atoms with van der Waals surface area (Å²) in [5, 5.41) is 0. The fourth-order valence-corrected chi connectivity index (χ4v) is 2.59. The Morgan fingerprint density at radius 2 is 2.08 bits per heavy atom. The molecular weight excluding hydrogens is 170 g/mol. The molecule has 0 aromatic carbocycles. The summed E-state index contributed by atoms with van der Waals surface area (Å²) >= 11 is 0. The van der Waals surface area contributed by atoms with Crippen LogP contribution in [-0.4, -0.2) is 35.2 Å². The van der Waals surface area contributed by atoms with Crippen molar-refractivity contribution in [3.63, 3.8) is 0 Å². The Labute approximate surface area is 77.4 Å². The Morgan fingerprint density at radius 1 is 1.42 bits per heavy atom. The van der Waals surface area contributed by atoms with Crippen LogP contribution in [0.15, 0.2) is 0 Å². The molecule has 0 amide bonds. The molecule has 0 aliphatic carbocycles. The highest BCUT2D eigenvalue weighted by atomic mass is 28.2. The monoisotopic (exact) mass is 191 g/mol. The van der Waals surface area contributed by atoms with Crippen molar-refractivity contribution in [1.82, 2.24) is 0 Å². The minimum atomic E-state index is -0.110. The molecular formula is C8H21NO2Si. The van der Waals surface area contributed by atoms with Gasteiger partial charge in [-0.15, -0.1) is 0 Å². The Morgan fingerprint density at radius 3 is 2.58 bits per heavy atom. The van der Waals surface area contributed by atoms with Gasteiger partial charge in [0, 0.05) is 12.8 Å². The number of methoxy groups -OCH3 is 1. The van der Waals surface area contributed by atoms with E-state index in [1.54, 1.807) is 7.11 Å². The van der Waals surface area contributed by atoms with Crippen LogP contribution >= 0.6 is 0 Å². The quantitative estimate of drug-likeness (QED) is 0.357. The van der Waals surface area contributed by atoms with Crippen LogP contribution in [0.5, 0.6) is 0 Å². The average molecular weight is 191 g/mol. The van der Waals surface area contributed by atoms with Gasteiger partial charge in [-0.2, -0.15) is 0 Å². The van der Waals surface area contributed by atoms with Crippen LogP contribution in [0.2, 0.25) is 6.04 Å². The van der Waals surface area contributed by atoms with Crippen LogP contribution in [0.1, 0.15) is 20.3 Å². The molecule has 0 aromatic heterocycles. The highest BCUT2D eigenvalue weighted by molar-refractivity contribution is 6.36. The summed E-state index contributed by atoms with van der Waals surface area (Å²) in [7, 11) is 1.56. The number of hydrogen-bond donors (Lipinski definition) is 1. The maximum Gasteiger partial charge on any atom is 0.154 e. The molecule has 74 valence electrons. The van der Waals surface area contributed by atoms with E-state index >= 15 is 0 Å². The molecule has 0 aliphatic heterocycles. The maximum absolute atomic E-state index is 5.54. The lowest BCUT2D eigenvalue weighted by molar-refractivity contribution is -0.119. The second-order valence-corrected chi connectivity index (χ2v) is 5.47. The van der Waals surface area contributed by atoms with Gasteiger partial charge < -0.3 is 15.2 Å². The van der Waals surface area contributed by atoms with Gasteiger partial charge in [0.15, 0.2) is 6.29 Å². The zero-order valence-corrected chi connectivity index (χ0v) is 9.79. The second-order valence-electron chi connectivity index (χ2n) is 3.03. The fraction of sp³-hybridized carbons (Fsp3) is 1.00. The molecule has 0 radical (unpaired) electrons. The Bertz CT molecular complexity index is 103. The highest BCUT2D eigenvalue weighted by Gasteiger charge is 2.06. The van der Waals surface area contributed by atoms with E-state index < -0.39 is 0 Å². The standard InChI is InChI=1S/C8H21NO2Si/c1-7(10-3)11-8(2)12-6-4-5-9/h7-8H,4-6,9,12H2,1-3H3. The average Bonchev–Trinajstić information content (AvgIpc) is 2.05. The molecule has 2 atom stereocenters. The second kappa shape index (κ2) is 7.73. The van der Waals surface area contributed by atoms with Crippen LogP contribution in [0.3, 0.4) is 0 Å². The third-order valence-corrected chi connectivity index (χ3v) is 3.73. The molecule has 0 spiro atoms. The van der Waals surface area contributed by atoms with Gasteiger partial charge >= 0.3 is 0 Å². The predicted octanol–water partition coefficient (Wildman–Crippen LogP) is 0.277. The largest absolute Gasteiger partial charge is 0.356 e. The summed E-state index contributed by atoms with van der Waals surface area (Å²) in [6.45, 7) is 4.85. The van der Waals surface area contributed by atoms with Gasteiger partial charge in [0.05, 0.1) is 9.52 Å². The van der Waals surface area contributed by atoms with E-state index in [0.717, 1.165) is 13.0 Å². The molecule has 2 N–H and O–H groups in total. The molecule has 0 saturated carbocycles. The zero-order valence-electron chi connectivity index (χ0n) is 8.38. The summed E-state index contributed by atoms with van der Waals surface area (Å²) in [5.41, 5.74) is 5.81. The first-order chi connectivity index (χ1) is 5.70. The van der Waals surface area contributed by atoms with Gasteiger partial charge in [0.1, 0.15) is 0 Å². The van der Waals surface area contributed by atoms with Crippen LogP contribution in [0, 0.1) is 0 Å². The topological polar surface area (TPSA) is 44.5 Å². The molecule has 0 heterocycles. The molecule has 0 aliphatic rings. The molecule has 4 heteroatoms. The van der Waals surface area contributed by atoms with Gasteiger partial charge in [-0.05, 0) is 26.8 Å². The molecule has 0 bridgehead atoms. The molecule has 0 rings (SSSR count). The van der Waals surface area contributed by atoms with Crippen LogP contribution in [0.25, 0.3) is 0 Å². The smallest absolute Gasteiger partial charge is 0.154 e. The van der Waals surface area contributed by atoms with Crippen LogP contribution in [0.4, 0.5) is 0 Å². The van der Waals surface area contributed by atoms with Crippen molar-refractivity contribution in [3.05, 3.63) is 0 Å². The van der Waals surface area contributed by atoms with Crippen molar-refractivity contribution in [1.29, 1.82) is 0 Å². The van der Waals surface area contributed by atoms with Crippen molar-refractivity contribution < 1.29 is 9.47 Å². The molecule has 12 heavy (non-hydrogen) atoms. The van der Waals surface area contributed by atoms with Crippen LogP contribution < -0.4 is 5.73 Å². The van der Waals surface area contributed by atoms with Crippen molar-refractivity contribution in [2.24, 2.45) is 5.73 Å². The number of nitrogens with two attached hydrogens (primary N) is 1. The molecule has 0 saturated heterocycles. The lowest BCUT2D eigenvalue weighted by Crippen LogP contribution is -2.24. The van der Waals surface area contributed by atoms with Gasteiger partial charge in [0.25, 0.3) is 0 Å². The minimum absolute atomic E-state index is 0.0645. The van der Waals surface area contributed by atoms with E-state index in [9.17, 15) is 0 Å². The number of ether oxygens (including phenoxy) is 2. The lowest BCUT2D eigenvalue weighted by atomic mass is 10.5. The fourth-order valence-electron chi connectivity index (χ4n) is 1.03. The van der Waals surface area contributed by atoms with E-state index in [2.05, 4.69) is 6.92 Å². The summed E-state index contributed by atoms with van der Waals surface area (Å²) in [6, 6.07) is 1.27. The van der Waals surface area contributed by atoms with Crippen molar-refractivity contribution in [3.8, 4) is 0 Å². The van der Waals surface area contributed by atoms with Crippen molar-refractivity contribution in [2.45, 2.75) is 38.3 Å². The van der Waals surface area contributed by atoms with E-state index in [1.165, 1.54) is 6.04 Å². The third-order valence-electron chi connectivity index (χ3n) is 1.82. The van der Waals surface area contributed by atoms with Gasteiger partial charge in [-0.25, -0.2) is 0 Å². The summed E-state index contributed by atoms with van der Waals surface area (Å²) < 4.78 is 10.5. The van der Waals surface area contributed by atoms with Crippen molar-refractivity contribution in [2.75, 3.05) is 13.7 Å². The summed E-state index contributed by atoms with van der Waals surface area (Å²) in [5.74, 6) is 0. The molecule has 2 unspecified atom stereocenters. The zero-order chi connectivity index (χ0) is 9.40. The van der Waals surface area contributed by atoms with Crippen molar-refractivity contribution >= 4 is 9.52 Å². The van der Waals surface area contributed by atoms with Gasteiger partial charge in [-0.1, -0.05) is 6.04 Å². The van der Waals surface area contributed by atoms with E-state index in [0.29, 0.717) is 5.73 Å². The Kier molecular flexibility index (Phi) is 7.79. The maximum atomic E-state index is 5.54. The molecule has 0 aromatic rings. The van der Waals surface area contributed by atoms with Gasteiger partial charge in [-0.3, -0.25) is 0 Å². The highest BCUT2D eigenvalue weighted by Crippen LogP contribution is 1.99. The first-order valence-corrected chi connectivity index (χ1v) is 6.40. The van der Waals surface area contributed by atoms with E-state index in [4.69, 9.17) is 15.2 Å².